The van der Waals surface area contributed by atoms with Gasteiger partial charge in [-0.3, -0.25) is 19.9 Å². The molecule has 0 radical (unpaired) electrons. The predicted molar refractivity (Wildman–Crippen MR) is 112 cm³/mol. The first-order valence-corrected chi connectivity index (χ1v) is 9.42. The van der Waals surface area contributed by atoms with Crippen molar-refractivity contribution >= 4 is 0 Å². The van der Waals surface area contributed by atoms with Gasteiger partial charge in [-0.1, -0.05) is 12.1 Å². The zero-order chi connectivity index (χ0) is 20.1. The summed E-state index contributed by atoms with van der Waals surface area (Å²) in [7, 11) is 2.08. The van der Waals surface area contributed by atoms with Crippen molar-refractivity contribution in [2.75, 3.05) is 7.05 Å². The van der Waals surface area contributed by atoms with Crippen LogP contribution in [0, 0.1) is 5.82 Å². The molecule has 0 fully saturated rings. The van der Waals surface area contributed by atoms with Crippen LogP contribution in [0.2, 0.25) is 0 Å². The summed E-state index contributed by atoms with van der Waals surface area (Å²) in [6.07, 6.45) is 8.94. The quantitative estimate of drug-likeness (QED) is 0.470. The third-order valence-corrected chi connectivity index (χ3v) is 4.72. The maximum atomic E-state index is 13.7. The van der Waals surface area contributed by atoms with Crippen molar-refractivity contribution in [1.82, 2.24) is 19.9 Å². The van der Waals surface area contributed by atoms with E-state index in [1.54, 1.807) is 37.1 Å². The van der Waals surface area contributed by atoms with E-state index in [0.717, 1.165) is 34.5 Å². The lowest BCUT2D eigenvalue weighted by molar-refractivity contribution is 0.319. The fraction of sp³-hybridized carbons (Fsp3) is 0.125. The van der Waals surface area contributed by atoms with Gasteiger partial charge in [0.25, 0.3) is 0 Å². The minimum atomic E-state index is -0.253. The van der Waals surface area contributed by atoms with Gasteiger partial charge in [-0.2, -0.15) is 0 Å². The molecule has 0 saturated carbocycles. The van der Waals surface area contributed by atoms with Crippen LogP contribution in [0.1, 0.15) is 11.1 Å². The second kappa shape index (κ2) is 8.71. The maximum Gasteiger partial charge on any atom is 0.123 e. The molecular formula is C24H21FN4. The van der Waals surface area contributed by atoms with E-state index in [2.05, 4.69) is 28.0 Å². The summed E-state index contributed by atoms with van der Waals surface area (Å²) in [5.74, 6) is -0.253. The monoisotopic (exact) mass is 384 g/mol. The molecule has 0 atom stereocenters. The van der Waals surface area contributed by atoms with Crippen LogP contribution in [0.25, 0.3) is 22.4 Å². The van der Waals surface area contributed by atoms with Crippen LogP contribution in [0.4, 0.5) is 4.39 Å². The largest absolute Gasteiger partial charge is 0.298 e. The number of hydrogen-bond acceptors (Lipinski definition) is 4. The molecule has 0 saturated heterocycles. The Hall–Kier alpha value is -3.44. The van der Waals surface area contributed by atoms with Crippen LogP contribution in [-0.4, -0.2) is 26.9 Å². The van der Waals surface area contributed by atoms with Crippen molar-refractivity contribution in [1.29, 1.82) is 0 Å². The van der Waals surface area contributed by atoms with Gasteiger partial charge in [0.1, 0.15) is 5.82 Å². The fourth-order valence-electron chi connectivity index (χ4n) is 3.37. The highest BCUT2D eigenvalue weighted by Crippen LogP contribution is 2.28. The molecular weight excluding hydrogens is 363 g/mol. The van der Waals surface area contributed by atoms with Gasteiger partial charge in [-0.05, 0) is 66.2 Å². The molecule has 4 rings (SSSR count). The Labute approximate surface area is 169 Å². The highest BCUT2D eigenvalue weighted by atomic mass is 19.1. The molecule has 0 spiro atoms. The summed E-state index contributed by atoms with van der Waals surface area (Å²) in [5, 5.41) is 0. The van der Waals surface area contributed by atoms with Gasteiger partial charge in [0, 0.05) is 55.2 Å². The highest BCUT2D eigenvalue weighted by Gasteiger charge is 2.12. The zero-order valence-corrected chi connectivity index (χ0v) is 16.2. The van der Waals surface area contributed by atoms with Gasteiger partial charge >= 0.3 is 0 Å². The number of halogens is 1. The van der Waals surface area contributed by atoms with Gasteiger partial charge < -0.3 is 0 Å². The standard InChI is InChI=1S/C24H21FN4/c1-29(16-18-5-9-26-10-6-18)17-22-13-21(20-3-2-4-23(25)14-20)15-28-24(22)19-7-11-27-12-8-19/h2-15H,16-17H2,1H3. The average molecular weight is 384 g/mol. The van der Waals surface area contributed by atoms with Crippen LogP contribution < -0.4 is 0 Å². The third-order valence-electron chi connectivity index (χ3n) is 4.72. The molecule has 1 aromatic carbocycles. The SMILES string of the molecule is CN(Cc1ccncc1)Cc1cc(-c2cccc(F)c2)cnc1-c1ccncc1. The van der Waals surface area contributed by atoms with E-state index in [9.17, 15) is 4.39 Å². The first-order chi connectivity index (χ1) is 14.2. The number of hydrogen-bond donors (Lipinski definition) is 0. The molecule has 0 aliphatic rings. The molecule has 0 N–H and O–H groups in total. The lowest BCUT2D eigenvalue weighted by atomic mass is 10.0. The number of pyridine rings is 3. The average Bonchev–Trinajstić information content (AvgIpc) is 2.75. The Morgan fingerprint density at radius 3 is 2.24 bits per heavy atom. The van der Waals surface area contributed by atoms with E-state index in [0.29, 0.717) is 6.54 Å². The van der Waals surface area contributed by atoms with Gasteiger partial charge in [0.15, 0.2) is 0 Å². The molecule has 3 heterocycles. The lowest BCUT2D eigenvalue weighted by Gasteiger charge is -2.19. The summed E-state index contributed by atoms with van der Waals surface area (Å²) in [6, 6.07) is 16.6. The molecule has 0 unspecified atom stereocenters. The molecule has 0 amide bonds. The Morgan fingerprint density at radius 2 is 1.52 bits per heavy atom. The first-order valence-electron chi connectivity index (χ1n) is 9.42. The smallest absolute Gasteiger partial charge is 0.123 e. The Bertz CT molecular complexity index is 1080. The van der Waals surface area contributed by atoms with Gasteiger partial charge in [0.05, 0.1) is 5.69 Å². The van der Waals surface area contributed by atoms with E-state index in [1.165, 1.54) is 17.7 Å². The zero-order valence-electron chi connectivity index (χ0n) is 16.2. The lowest BCUT2D eigenvalue weighted by Crippen LogP contribution is -2.18. The number of nitrogens with zero attached hydrogens (tertiary/aromatic N) is 4. The van der Waals surface area contributed by atoms with Crippen LogP contribution in [-0.2, 0) is 13.1 Å². The second-order valence-electron chi connectivity index (χ2n) is 7.01. The maximum absolute atomic E-state index is 13.7. The minimum Gasteiger partial charge on any atom is -0.298 e. The molecule has 144 valence electrons. The summed E-state index contributed by atoms with van der Waals surface area (Å²) >= 11 is 0. The molecule has 0 bridgehead atoms. The van der Waals surface area contributed by atoms with Crippen LogP contribution in [0.3, 0.4) is 0 Å². The normalized spacial score (nSPS) is 11.0. The van der Waals surface area contributed by atoms with Crippen molar-refractivity contribution in [3.05, 3.63) is 103 Å². The van der Waals surface area contributed by atoms with Crippen LogP contribution in [0.15, 0.2) is 85.6 Å². The van der Waals surface area contributed by atoms with E-state index >= 15 is 0 Å². The second-order valence-corrected chi connectivity index (χ2v) is 7.01. The Balaban J connectivity index is 1.69. The molecule has 4 nitrogen and oxygen atoms in total. The van der Waals surface area contributed by atoms with Gasteiger partial charge in [0.2, 0.25) is 0 Å². The summed E-state index contributed by atoms with van der Waals surface area (Å²) in [6.45, 7) is 1.50. The summed E-state index contributed by atoms with van der Waals surface area (Å²) < 4.78 is 13.7. The molecule has 0 aliphatic heterocycles. The highest BCUT2D eigenvalue weighted by molar-refractivity contribution is 5.69. The van der Waals surface area contributed by atoms with Crippen LogP contribution >= 0.6 is 0 Å². The van der Waals surface area contributed by atoms with E-state index in [-0.39, 0.29) is 5.82 Å². The van der Waals surface area contributed by atoms with Gasteiger partial charge in [-0.25, -0.2) is 4.39 Å². The van der Waals surface area contributed by atoms with Crippen molar-refractivity contribution in [3.63, 3.8) is 0 Å². The molecule has 0 aliphatic carbocycles. The number of benzene rings is 1. The predicted octanol–water partition coefficient (Wildman–Crippen LogP) is 4.98. The van der Waals surface area contributed by atoms with E-state index in [1.807, 2.05) is 30.3 Å². The number of aromatic nitrogens is 3. The fourth-order valence-corrected chi connectivity index (χ4v) is 3.37. The van der Waals surface area contributed by atoms with Crippen LogP contribution in [0.5, 0.6) is 0 Å². The molecule has 5 heteroatoms. The number of rotatable bonds is 6. The minimum absolute atomic E-state index is 0.253. The Kier molecular flexibility index (Phi) is 5.68. The van der Waals surface area contributed by atoms with Crippen molar-refractivity contribution in [2.24, 2.45) is 0 Å². The van der Waals surface area contributed by atoms with Crippen molar-refractivity contribution in [3.8, 4) is 22.4 Å². The molecule has 29 heavy (non-hydrogen) atoms. The third kappa shape index (κ3) is 4.70. The summed E-state index contributed by atoms with van der Waals surface area (Å²) in [5.41, 5.74) is 5.91. The summed E-state index contributed by atoms with van der Waals surface area (Å²) in [4.78, 5) is 15.1. The van der Waals surface area contributed by atoms with Gasteiger partial charge in [-0.15, -0.1) is 0 Å². The van der Waals surface area contributed by atoms with E-state index < -0.39 is 0 Å². The van der Waals surface area contributed by atoms with Crippen molar-refractivity contribution in [2.45, 2.75) is 13.1 Å². The topological polar surface area (TPSA) is 41.9 Å². The van der Waals surface area contributed by atoms with E-state index in [4.69, 9.17) is 4.98 Å². The van der Waals surface area contributed by atoms with Crippen molar-refractivity contribution < 1.29 is 4.39 Å². The Morgan fingerprint density at radius 1 is 0.793 bits per heavy atom. The first kappa shape index (κ1) is 18.9. The molecule has 4 aromatic rings. The molecule has 3 aromatic heterocycles.